The molecule has 2 aliphatic rings. The first-order valence-corrected chi connectivity index (χ1v) is 18.0. The summed E-state index contributed by atoms with van der Waals surface area (Å²) in [6, 6.07) is 71.0. The minimum absolute atomic E-state index is 0.506. The summed E-state index contributed by atoms with van der Waals surface area (Å²) >= 11 is 0. The van der Waals surface area contributed by atoms with Crippen LogP contribution in [0.4, 0.5) is 0 Å². The van der Waals surface area contributed by atoms with E-state index in [9.17, 15) is 0 Å². The zero-order valence-corrected chi connectivity index (χ0v) is 28.4. The van der Waals surface area contributed by atoms with Crippen LogP contribution in [-0.2, 0) is 5.41 Å². The topological polar surface area (TPSA) is 17.8 Å². The Balaban J connectivity index is 1.20. The number of fused-ring (bicyclic) bond motifs is 13. The van der Waals surface area contributed by atoms with E-state index in [0.29, 0.717) is 0 Å². The molecule has 2 aliphatic carbocycles. The highest BCUT2D eigenvalue weighted by Crippen LogP contribution is 2.61. The molecule has 0 fully saturated rings. The molecular formula is C50H32N2. The van der Waals surface area contributed by atoms with E-state index >= 15 is 0 Å². The number of imidazole rings is 1. The maximum Gasteiger partial charge on any atom is 0.145 e. The van der Waals surface area contributed by atoms with Crippen LogP contribution in [0.5, 0.6) is 0 Å². The van der Waals surface area contributed by atoms with Crippen molar-refractivity contribution in [3.63, 3.8) is 0 Å². The second kappa shape index (κ2) is 11.1. The molecule has 8 aromatic carbocycles. The molecule has 0 amide bonds. The van der Waals surface area contributed by atoms with Gasteiger partial charge in [-0.2, -0.15) is 0 Å². The number of aromatic nitrogens is 2. The van der Waals surface area contributed by atoms with Crippen molar-refractivity contribution in [1.29, 1.82) is 0 Å². The van der Waals surface area contributed by atoms with Gasteiger partial charge in [-0.05, 0) is 97.1 Å². The highest BCUT2D eigenvalue weighted by atomic mass is 15.1. The highest BCUT2D eigenvalue weighted by molar-refractivity contribution is 5.98. The van der Waals surface area contributed by atoms with Gasteiger partial charge in [0.15, 0.2) is 0 Å². The number of rotatable bonds is 3. The Labute approximate surface area is 303 Å². The van der Waals surface area contributed by atoms with E-state index in [1.54, 1.807) is 0 Å². The van der Waals surface area contributed by atoms with E-state index in [-0.39, 0.29) is 0 Å². The van der Waals surface area contributed by atoms with Gasteiger partial charge < -0.3 is 0 Å². The molecule has 2 heteroatoms. The lowest BCUT2D eigenvalue weighted by Crippen LogP contribution is -2.29. The van der Waals surface area contributed by atoms with Crippen LogP contribution >= 0.6 is 0 Å². The molecule has 1 heterocycles. The molecule has 0 N–H and O–H groups in total. The van der Waals surface area contributed by atoms with Crippen molar-refractivity contribution in [3.8, 4) is 61.6 Å². The Bertz CT molecular complexity index is 2800. The molecule has 0 unspecified atom stereocenters. The summed E-state index contributed by atoms with van der Waals surface area (Å²) in [6.07, 6.45) is 0. The van der Waals surface area contributed by atoms with Crippen LogP contribution in [0, 0.1) is 0 Å². The molecule has 2 nitrogen and oxygen atoms in total. The van der Waals surface area contributed by atoms with Crippen LogP contribution in [0.2, 0.25) is 0 Å². The molecule has 242 valence electrons. The number of benzene rings is 8. The zero-order chi connectivity index (χ0) is 34.2. The third-order valence-electron chi connectivity index (χ3n) is 11.2. The lowest BCUT2D eigenvalue weighted by Gasteiger charge is -2.35. The summed E-state index contributed by atoms with van der Waals surface area (Å²) in [6.45, 7) is 0. The van der Waals surface area contributed by atoms with E-state index in [1.165, 1.54) is 61.2 Å². The predicted molar refractivity (Wildman–Crippen MR) is 214 cm³/mol. The first-order chi connectivity index (χ1) is 25.8. The van der Waals surface area contributed by atoms with Gasteiger partial charge in [0.05, 0.1) is 16.4 Å². The normalized spacial score (nSPS) is 13.2. The molecule has 1 aromatic heterocycles. The Morgan fingerprint density at radius 2 is 0.808 bits per heavy atom. The third-order valence-corrected chi connectivity index (χ3v) is 11.2. The van der Waals surface area contributed by atoms with Crippen LogP contribution in [-0.4, -0.2) is 9.55 Å². The zero-order valence-electron chi connectivity index (χ0n) is 28.4. The van der Waals surface area contributed by atoms with Crippen LogP contribution in [0.1, 0.15) is 22.3 Å². The molecule has 0 radical (unpaired) electrons. The van der Waals surface area contributed by atoms with E-state index in [4.69, 9.17) is 4.98 Å². The van der Waals surface area contributed by atoms with Crippen LogP contribution in [0.15, 0.2) is 194 Å². The Kier molecular flexibility index (Phi) is 6.20. The minimum atomic E-state index is -0.506. The van der Waals surface area contributed by atoms with E-state index in [2.05, 4.69) is 199 Å². The fourth-order valence-electron chi connectivity index (χ4n) is 9.11. The standard InChI is InChI=1S/C50H32N2/c1-3-15-33(16-4-1)49-51-47-32-35(28-30-48(47)52(49)36-17-5-2-6-18-36)34-27-29-42-38-20-8-7-19-37(38)39-21-9-12-24-43(39)50(46(42)31-34)44-25-13-10-22-40(44)41-23-11-14-26-45(41)50/h1-32H. The van der Waals surface area contributed by atoms with Crippen molar-refractivity contribution < 1.29 is 0 Å². The van der Waals surface area contributed by atoms with E-state index in [1.807, 2.05) is 0 Å². The van der Waals surface area contributed by atoms with Crippen molar-refractivity contribution in [2.45, 2.75) is 5.41 Å². The first-order valence-electron chi connectivity index (χ1n) is 18.0. The van der Waals surface area contributed by atoms with Crippen molar-refractivity contribution >= 4 is 11.0 Å². The van der Waals surface area contributed by atoms with Crippen molar-refractivity contribution in [2.75, 3.05) is 0 Å². The molecule has 52 heavy (non-hydrogen) atoms. The molecule has 9 aromatic rings. The summed E-state index contributed by atoms with van der Waals surface area (Å²) < 4.78 is 2.28. The largest absolute Gasteiger partial charge is 0.292 e. The maximum atomic E-state index is 5.30. The van der Waals surface area contributed by atoms with Crippen LogP contribution in [0.3, 0.4) is 0 Å². The summed E-state index contributed by atoms with van der Waals surface area (Å²) in [7, 11) is 0. The van der Waals surface area contributed by atoms with Gasteiger partial charge in [0.25, 0.3) is 0 Å². The molecular weight excluding hydrogens is 629 g/mol. The first kappa shape index (κ1) is 29.0. The Morgan fingerprint density at radius 3 is 1.42 bits per heavy atom. The second-order valence-corrected chi connectivity index (χ2v) is 13.9. The smallest absolute Gasteiger partial charge is 0.145 e. The molecule has 11 rings (SSSR count). The van der Waals surface area contributed by atoms with Gasteiger partial charge in [-0.15, -0.1) is 0 Å². The quantitative estimate of drug-likeness (QED) is 0.184. The third kappa shape index (κ3) is 3.98. The SMILES string of the molecule is c1ccc(-c2nc3cc(-c4ccc5c(c4)C4(c6ccccc6-c6ccccc6-5)c5ccccc5-c5ccccc54)ccc3n2-c2ccccc2)cc1. The molecule has 0 aliphatic heterocycles. The molecule has 0 saturated heterocycles. The lowest BCUT2D eigenvalue weighted by atomic mass is 9.65. The fraction of sp³-hybridized carbons (Fsp3) is 0.0200. The number of hydrogen-bond donors (Lipinski definition) is 0. The number of nitrogens with zero attached hydrogens (tertiary/aromatic N) is 2. The molecule has 1 spiro atoms. The second-order valence-electron chi connectivity index (χ2n) is 13.9. The summed E-state index contributed by atoms with van der Waals surface area (Å²) in [4.78, 5) is 5.30. The van der Waals surface area contributed by atoms with Gasteiger partial charge in [0.2, 0.25) is 0 Å². The fourth-order valence-corrected chi connectivity index (χ4v) is 9.11. The van der Waals surface area contributed by atoms with E-state index in [0.717, 1.165) is 33.7 Å². The van der Waals surface area contributed by atoms with Gasteiger partial charge in [-0.25, -0.2) is 4.98 Å². The number of para-hydroxylation sites is 1. The van der Waals surface area contributed by atoms with Gasteiger partial charge in [-0.1, -0.05) is 164 Å². The monoisotopic (exact) mass is 660 g/mol. The Hall–Kier alpha value is -6.77. The maximum absolute atomic E-state index is 5.30. The summed E-state index contributed by atoms with van der Waals surface area (Å²) in [5.74, 6) is 0.937. The van der Waals surface area contributed by atoms with E-state index < -0.39 is 5.41 Å². The summed E-state index contributed by atoms with van der Waals surface area (Å²) in [5, 5.41) is 0. The highest BCUT2D eigenvalue weighted by Gasteiger charge is 2.49. The molecule has 0 atom stereocenters. The Morgan fingerprint density at radius 1 is 0.346 bits per heavy atom. The molecule has 0 saturated carbocycles. The van der Waals surface area contributed by atoms with Crippen molar-refractivity contribution in [1.82, 2.24) is 9.55 Å². The van der Waals surface area contributed by atoms with Gasteiger partial charge >= 0.3 is 0 Å². The summed E-state index contributed by atoms with van der Waals surface area (Å²) in [5.41, 5.74) is 19.0. The lowest BCUT2D eigenvalue weighted by molar-refractivity contribution is 0.776. The van der Waals surface area contributed by atoms with Gasteiger partial charge in [-0.3, -0.25) is 4.57 Å². The number of hydrogen-bond acceptors (Lipinski definition) is 1. The van der Waals surface area contributed by atoms with Crippen molar-refractivity contribution in [2.24, 2.45) is 0 Å². The van der Waals surface area contributed by atoms with Crippen molar-refractivity contribution in [3.05, 3.63) is 216 Å². The predicted octanol–water partition coefficient (Wildman–Crippen LogP) is 12.4. The molecule has 0 bridgehead atoms. The average Bonchev–Trinajstić information content (AvgIpc) is 3.72. The minimum Gasteiger partial charge on any atom is -0.292 e. The van der Waals surface area contributed by atoms with Gasteiger partial charge in [0, 0.05) is 11.3 Å². The van der Waals surface area contributed by atoms with Crippen LogP contribution < -0.4 is 0 Å². The van der Waals surface area contributed by atoms with Crippen LogP contribution in [0.25, 0.3) is 72.6 Å². The van der Waals surface area contributed by atoms with Gasteiger partial charge in [0.1, 0.15) is 5.82 Å². The average molecular weight is 661 g/mol.